The highest BCUT2D eigenvalue weighted by Crippen LogP contribution is 2.34. The molecular weight excluding hydrogens is 492 g/mol. The molecule has 0 fully saturated rings. The van der Waals surface area contributed by atoms with Crippen LogP contribution in [0.5, 0.6) is 0 Å². The summed E-state index contributed by atoms with van der Waals surface area (Å²) in [6.07, 6.45) is -0.621. The fraction of sp³-hybridized carbons (Fsp3) is 0.107. The number of benzene rings is 3. The molecule has 1 atom stereocenters. The van der Waals surface area contributed by atoms with Gasteiger partial charge in [0.05, 0.1) is 5.36 Å². The fourth-order valence-corrected chi connectivity index (χ4v) is 5.20. The molecule has 2 aliphatic heterocycles. The van der Waals surface area contributed by atoms with Crippen LogP contribution in [0.2, 0.25) is 5.02 Å². The van der Waals surface area contributed by atoms with Gasteiger partial charge < -0.3 is 4.42 Å². The summed E-state index contributed by atoms with van der Waals surface area (Å²) in [4.78, 5) is 18.2. The molecule has 1 aromatic heterocycles. The van der Waals surface area contributed by atoms with Gasteiger partial charge in [0.15, 0.2) is 10.9 Å². The van der Waals surface area contributed by atoms with Crippen LogP contribution in [0.25, 0.3) is 17.0 Å². The van der Waals surface area contributed by atoms with E-state index in [9.17, 15) is 4.79 Å². The summed E-state index contributed by atoms with van der Waals surface area (Å²) >= 11 is 7.65. The second-order valence-electron chi connectivity index (χ2n) is 8.56. The molecular formula is C28H21ClN4O2S. The van der Waals surface area contributed by atoms with Gasteiger partial charge >= 0.3 is 0 Å². The summed E-state index contributed by atoms with van der Waals surface area (Å²) in [6.45, 7) is 2.06. The average Bonchev–Trinajstić information content (AvgIpc) is 3.38. The Labute approximate surface area is 217 Å². The number of fused-ring (bicyclic) bond motifs is 2. The largest absolute Gasteiger partial charge is 0.457 e. The molecule has 0 aliphatic carbocycles. The van der Waals surface area contributed by atoms with Crippen molar-refractivity contribution in [3.63, 3.8) is 0 Å². The molecule has 3 heterocycles. The SMILES string of the molecule is Cc1ccc(CSC2=NN3C(=c4ccccc4=N[C@H]3c3ccc(-c4cccc(Cl)c4)o3)C(=O)N2)cc1. The lowest BCUT2D eigenvalue weighted by Gasteiger charge is -2.32. The van der Waals surface area contributed by atoms with E-state index in [0.717, 1.165) is 21.7 Å². The molecule has 3 aromatic carbocycles. The van der Waals surface area contributed by atoms with E-state index >= 15 is 0 Å². The van der Waals surface area contributed by atoms with Crippen LogP contribution in [0.1, 0.15) is 23.1 Å². The van der Waals surface area contributed by atoms with Gasteiger partial charge in [0.2, 0.25) is 6.17 Å². The Kier molecular flexibility index (Phi) is 5.87. The minimum Gasteiger partial charge on any atom is -0.457 e. The summed E-state index contributed by atoms with van der Waals surface area (Å²) in [7, 11) is 0. The molecule has 6 nitrogen and oxygen atoms in total. The molecule has 0 saturated heterocycles. The van der Waals surface area contributed by atoms with Gasteiger partial charge in [-0.3, -0.25) is 10.1 Å². The third-order valence-electron chi connectivity index (χ3n) is 6.00. The molecule has 178 valence electrons. The quantitative estimate of drug-likeness (QED) is 0.418. The van der Waals surface area contributed by atoms with Gasteiger partial charge in [-0.2, -0.15) is 0 Å². The highest BCUT2D eigenvalue weighted by molar-refractivity contribution is 8.13. The van der Waals surface area contributed by atoms with Crippen LogP contribution in [0.15, 0.2) is 99.4 Å². The second-order valence-corrected chi connectivity index (χ2v) is 9.96. The number of nitrogens with zero attached hydrogens (tertiary/aromatic N) is 3. The van der Waals surface area contributed by atoms with E-state index in [1.54, 1.807) is 5.01 Å². The molecule has 0 saturated carbocycles. The number of hydrogen-bond acceptors (Lipinski definition) is 6. The monoisotopic (exact) mass is 512 g/mol. The molecule has 8 heteroatoms. The third-order valence-corrected chi connectivity index (χ3v) is 7.17. The van der Waals surface area contributed by atoms with Gasteiger partial charge in [-0.15, -0.1) is 5.10 Å². The molecule has 0 radical (unpaired) electrons. The zero-order valence-corrected chi connectivity index (χ0v) is 20.9. The van der Waals surface area contributed by atoms with E-state index in [-0.39, 0.29) is 5.91 Å². The van der Waals surface area contributed by atoms with Crippen LogP contribution in [0.4, 0.5) is 0 Å². The number of rotatable bonds is 4. The molecule has 1 amide bonds. The van der Waals surface area contributed by atoms with Gasteiger partial charge in [-0.05, 0) is 42.8 Å². The van der Waals surface area contributed by atoms with Crippen LogP contribution in [-0.2, 0) is 10.5 Å². The number of furan rings is 1. The second kappa shape index (κ2) is 9.33. The van der Waals surface area contributed by atoms with Crippen molar-refractivity contribution < 1.29 is 9.21 Å². The number of hydrogen-bond donors (Lipinski definition) is 1. The number of carbonyl (C=O) groups excluding carboxylic acids is 1. The smallest absolute Gasteiger partial charge is 0.276 e. The Morgan fingerprint density at radius 1 is 1.03 bits per heavy atom. The van der Waals surface area contributed by atoms with Crippen LogP contribution in [0, 0.1) is 6.92 Å². The number of carbonyl (C=O) groups is 1. The van der Waals surface area contributed by atoms with Crippen molar-refractivity contribution in [1.82, 2.24) is 10.3 Å². The van der Waals surface area contributed by atoms with E-state index in [1.165, 1.54) is 17.3 Å². The van der Waals surface area contributed by atoms with Crippen LogP contribution < -0.4 is 15.9 Å². The minimum atomic E-state index is -0.621. The normalized spacial score (nSPS) is 16.6. The number of para-hydroxylation sites is 1. The number of hydrazone groups is 1. The maximum absolute atomic E-state index is 13.3. The summed E-state index contributed by atoms with van der Waals surface area (Å²) in [5.74, 6) is 1.71. The van der Waals surface area contributed by atoms with Gasteiger partial charge in [0, 0.05) is 21.6 Å². The summed E-state index contributed by atoms with van der Waals surface area (Å²) < 4.78 is 6.22. The molecule has 36 heavy (non-hydrogen) atoms. The average molecular weight is 513 g/mol. The van der Waals surface area contributed by atoms with Crippen LogP contribution in [-0.4, -0.2) is 16.1 Å². The standard InChI is InChI=1S/C28H21ClN4O2S/c1-17-9-11-18(12-10-17)16-36-28-31-27(34)25-21-7-2-3-8-22(21)30-26(33(25)32-28)24-14-13-23(35-24)19-5-4-6-20(29)15-19/h2-15,26H,16H2,1H3,(H,31,32,34)/t26-/m1/s1. The highest BCUT2D eigenvalue weighted by atomic mass is 35.5. The van der Waals surface area contributed by atoms with Crippen molar-refractivity contribution in [2.75, 3.05) is 0 Å². The molecule has 0 bridgehead atoms. The Morgan fingerprint density at radius 3 is 2.69 bits per heavy atom. The number of amidine groups is 1. The van der Waals surface area contributed by atoms with Gasteiger partial charge in [0.25, 0.3) is 5.91 Å². The van der Waals surface area contributed by atoms with Crippen LogP contribution in [0.3, 0.4) is 0 Å². The maximum atomic E-state index is 13.3. The predicted molar refractivity (Wildman–Crippen MR) is 142 cm³/mol. The Bertz CT molecular complexity index is 1630. The van der Waals surface area contributed by atoms with Crippen molar-refractivity contribution in [2.24, 2.45) is 10.1 Å². The minimum absolute atomic E-state index is 0.217. The molecule has 0 unspecified atom stereocenters. The first kappa shape index (κ1) is 22.6. The topological polar surface area (TPSA) is 70.2 Å². The molecule has 6 rings (SSSR count). The van der Waals surface area contributed by atoms with Gasteiger partial charge in [0.1, 0.15) is 11.5 Å². The van der Waals surface area contributed by atoms with Gasteiger partial charge in [-0.25, -0.2) is 10.0 Å². The number of thioether (sulfide) groups is 1. The van der Waals surface area contributed by atoms with Crippen LogP contribution >= 0.6 is 23.4 Å². The van der Waals surface area contributed by atoms with E-state index in [0.29, 0.717) is 33.2 Å². The lowest BCUT2D eigenvalue weighted by molar-refractivity contribution is -0.116. The Morgan fingerprint density at radius 2 is 1.86 bits per heavy atom. The van der Waals surface area contributed by atoms with E-state index < -0.39 is 6.17 Å². The van der Waals surface area contributed by atoms with Crippen molar-refractivity contribution in [3.05, 3.63) is 117 Å². The van der Waals surface area contributed by atoms with E-state index in [2.05, 4.69) is 36.5 Å². The van der Waals surface area contributed by atoms with Gasteiger partial charge in [-0.1, -0.05) is 83.5 Å². The Hall–Kier alpha value is -3.81. The lowest BCUT2D eigenvalue weighted by atomic mass is 10.1. The first-order valence-corrected chi connectivity index (χ1v) is 12.8. The number of aryl methyl sites for hydroxylation is 1. The molecule has 4 aromatic rings. The highest BCUT2D eigenvalue weighted by Gasteiger charge is 2.36. The van der Waals surface area contributed by atoms with Crippen molar-refractivity contribution >= 4 is 40.1 Å². The lowest BCUT2D eigenvalue weighted by Crippen LogP contribution is -2.50. The maximum Gasteiger partial charge on any atom is 0.276 e. The number of nitrogens with one attached hydrogen (secondary N) is 1. The zero-order valence-electron chi connectivity index (χ0n) is 19.3. The van der Waals surface area contributed by atoms with Crippen molar-refractivity contribution in [1.29, 1.82) is 0 Å². The third kappa shape index (κ3) is 4.32. The summed E-state index contributed by atoms with van der Waals surface area (Å²) in [5.41, 5.74) is 3.67. The Balaban J connectivity index is 1.38. The first-order chi connectivity index (χ1) is 17.5. The van der Waals surface area contributed by atoms with Crippen molar-refractivity contribution in [3.8, 4) is 11.3 Å². The molecule has 0 spiro atoms. The summed E-state index contributed by atoms with van der Waals surface area (Å²) in [5, 5.41) is 12.0. The molecule has 1 N–H and O–H groups in total. The first-order valence-electron chi connectivity index (χ1n) is 11.5. The number of halogens is 1. The number of amides is 1. The fourth-order valence-electron chi connectivity index (χ4n) is 4.20. The predicted octanol–water partition coefficient (Wildman–Crippen LogP) is 4.98. The summed E-state index contributed by atoms with van der Waals surface area (Å²) in [6, 6.07) is 27.1. The van der Waals surface area contributed by atoms with E-state index in [4.69, 9.17) is 26.1 Å². The zero-order chi connectivity index (χ0) is 24.6. The van der Waals surface area contributed by atoms with Crippen molar-refractivity contribution in [2.45, 2.75) is 18.8 Å². The van der Waals surface area contributed by atoms with E-state index in [1.807, 2.05) is 60.7 Å². The molecule has 2 aliphatic rings.